The lowest BCUT2D eigenvalue weighted by molar-refractivity contribution is -0.132. The maximum Gasteiger partial charge on any atom is 0.353 e. The molecule has 0 amide bonds. The summed E-state index contributed by atoms with van der Waals surface area (Å²) in [5.41, 5.74) is 10.7. The van der Waals surface area contributed by atoms with Crippen LogP contribution in [0.3, 0.4) is 0 Å². The molecule has 0 bridgehead atoms. The minimum absolute atomic E-state index is 0.00366. The summed E-state index contributed by atoms with van der Waals surface area (Å²) >= 11 is 0. The highest BCUT2D eigenvalue weighted by atomic mass is 16.6. The summed E-state index contributed by atoms with van der Waals surface area (Å²) < 4.78 is 4.39. The number of carbonyl (C=O) groups is 1. The van der Waals surface area contributed by atoms with E-state index in [1.807, 2.05) is 0 Å². The highest BCUT2D eigenvalue weighted by Gasteiger charge is 2.22. The Balaban J connectivity index is 3.16. The fourth-order valence-electron chi connectivity index (χ4n) is 1.20. The largest absolute Gasteiger partial charge is 0.477 e. The van der Waals surface area contributed by atoms with Gasteiger partial charge in [-0.1, -0.05) is 0 Å². The Labute approximate surface area is 103 Å². The molecule has 1 aromatic heterocycles. The van der Waals surface area contributed by atoms with Crippen LogP contribution in [0.5, 0.6) is 0 Å². The minimum atomic E-state index is -1.29. The van der Waals surface area contributed by atoms with E-state index in [1.54, 1.807) is 19.0 Å². The third-order valence-electron chi connectivity index (χ3n) is 2.02. The summed E-state index contributed by atoms with van der Waals surface area (Å²) in [6.45, 7) is 0.181. The number of hydrogen-bond acceptors (Lipinski definition) is 9. The van der Waals surface area contributed by atoms with Gasteiger partial charge in [-0.25, -0.2) is 15.3 Å². The second-order valence-corrected chi connectivity index (χ2v) is 3.75. The van der Waals surface area contributed by atoms with Crippen LogP contribution in [0.1, 0.15) is 0 Å². The summed E-state index contributed by atoms with van der Waals surface area (Å²) in [5.74, 6) is 4.37. The maximum atomic E-state index is 10.9. The van der Waals surface area contributed by atoms with E-state index in [2.05, 4.69) is 14.9 Å². The number of carboxylic acids is 1. The van der Waals surface area contributed by atoms with E-state index in [4.69, 9.17) is 22.4 Å². The molecule has 18 heavy (non-hydrogen) atoms. The molecule has 1 aromatic rings. The molecule has 100 valence electrons. The molecule has 0 spiro atoms. The molecule has 0 saturated carbocycles. The molecule has 1 heterocycles. The van der Waals surface area contributed by atoms with Crippen molar-refractivity contribution < 1.29 is 14.5 Å². The van der Waals surface area contributed by atoms with Crippen molar-refractivity contribution in [3.05, 3.63) is 11.4 Å². The molecule has 0 aliphatic heterocycles. The van der Waals surface area contributed by atoms with Gasteiger partial charge < -0.3 is 21.5 Å². The molecule has 0 unspecified atom stereocenters. The van der Waals surface area contributed by atoms with E-state index in [9.17, 15) is 4.79 Å². The predicted molar refractivity (Wildman–Crippen MR) is 62.8 cm³/mol. The fraction of sp³-hybridized carbons (Fsp3) is 0.375. The Morgan fingerprint density at radius 2 is 2.06 bits per heavy atom. The van der Waals surface area contributed by atoms with E-state index in [-0.39, 0.29) is 23.9 Å². The zero-order valence-corrected chi connectivity index (χ0v) is 9.99. The van der Waals surface area contributed by atoms with E-state index < -0.39 is 11.7 Å². The van der Waals surface area contributed by atoms with Crippen LogP contribution in [0.15, 0.2) is 16.0 Å². The molecule has 0 aromatic carbocycles. The minimum Gasteiger partial charge on any atom is -0.477 e. The van der Waals surface area contributed by atoms with Crippen molar-refractivity contribution in [1.82, 2.24) is 15.2 Å². The average molecular weight is 257 g/mol. The summed E-state index contributed by atoms with van der Waals surface area (Å²) in [7, 11) is 3.46. The number of nitrogens with zero attached hydrogens (tertiary/aromatic N) is 4. The lowest BCUT2D eigenvalue weighted by Crippen LogP contribution is -2.39. The number of anilines is 2. The molecular weight excluding hydrogens is 242 g/mol. The van der Waals surface area contributed by atoms with Crippen molar-refractivity contribution >= 4 is 17.6 Å². The summed E-state index contributed by atoms with van der Waals surface area (Å²) in [5, 5.41) is 16.7. The first-order chi connectivity index (χ1) is 8.34. The lowest BCUT2D eigenvalue weighted by Gasteiger charge is -2.22. The zero-order chi connectivity index (χ0) is 13.9. The van der Waals surface area contributed by atoms with Gasteiger partial charge in [0.15, 0.2) is 0 Å². The Morgan fingerprint density at radius 1 is 1.44 bits per heavy atom. The molecule has 0 radical (unpaired) electrons. The number of rotatable bonds is 5. The number of carboxylic acid groups (broad SMARTS) is 1. The van der Waals surface area contributed by atoms with Crippen LogP contribution < -0.4 is 22.3 Å². The molecule has 0 aliphatic carbocycles. The third kappa shape index (κ3) is 2.87. The Kier molecular flexibility index (Phi) is 4.07. The van der Waals surface area contributed by atoms with Gasteiger partial charge in [-0.05, 0) is 24.4 Å². The first-order valence-electron chi connectivity index (χ1n) is 4.84. The molecule has 7 N–H and O–H groups in total. The number of aromatic nitrogens is 2. The van der Waals surface area contributed by atoms with Crippen LogP contribution in [-0.4, -0.2) is 46.9 Å². The number of aliphatic carboxylic acids is 1. The number of nitrogens with two attached hydrogens (primary N) is 3. The molecular formula is C8H15N7O3. The number of hydrazine groups is 1. The van der Waals surface area contributed by atoms with Gasteiger partial charge in [0.2, 0.25) is 11.6 Å². The highest BCUT2D eigenvalue weighted by Crippen LogP contribution is 2.19. The van der Waals surface area contributed by atoms with Crippen molar-refractivity contribution in [3.8, 4) is 0 Å². The number of hydrogen-bond donors (Lipinski definition) is 4. The lowest BCUT2D eigenvalue weighted by atomic mass is 10.3. The van der Waals surface area contributed by atoms with Crippen molar-refractivity contribution in [2.45, 2.75) is 0 Å². The second-order valence-electron chi connectivity index (χ2n) is 3.75. The average Bonchev–Trinajstić information content (AvgIpc) is 2.70. The SMILES string of the molecule is CN(C)C/C(=C(/N)C(=O)O)N(N)c1nonc1N. The van der Waals surface area contributed by atoms with Crippen LogP contribution in [0.4, 0.5) is 11.6 Å². The van der Waals surface area contributed by atoms with Crippen LogP contribution in [0, 0.1) is 0 Å². The van der Waals surface area contributed by atoms with Crippen molar-refractivity contribution in [1.29, 1.82) is 0 Å². The van der Waals surface area contributed by atoms with Gasteiger partial charge in [-0.3, -0.25) is 5.01 Å². The smallest absolute Gasteiger partial charge is 0.353 e. The molecule has 10 nitrogen and oxygen atoms in total. The number of nitrogen functional groups attached to an aromatic ring is 1. The van der Waals surface area contributed by atoms with Crippen molar-refractivity contribution in [2.75, 3.05) is 31.4 Å². The standard InChI is InChI=1S/C8H15N7O3/c1-14(2)3-4(5(9)8(16)17)15(11)7-6(10)12-18-13-7/h3,9,11H2,1-2H3,(H2,10,12)(H,16,17)/b5-4-. The van der Waals surface area contributed by atoms with Gasteiger partial charge in [-0.15, -0.1) is 0 Å². The van der Waals surface area contributed by atoms with Gasteiger partial charge in [0.25, 0.3) is 0 Å². The van der Waals surface area contributed by atoms with Crippen LogP contribution in [0.2, 0.25) is 0 Å². The monoisotopic (exact) mass is 257 g/mol. The molecule has 1 rings (SSSR count). The Hall–Kier alpha value is -2.33. The molecule has 0 aliphatic rings. The predicted octanol–water partition coefficient (Wildman–Crippen LogP) is -1.85. The molecule has 0 fully saturated rings. The zero-order valence-electron chi connectivity index (χ0n) is 9.99. The Morgan fingerprint density at radius 3 is 2.44 bits per heavy atom. The molecule has 0 saturated heterocycles. The van der Waals surface area contributed by atoms with Crippen LogP contribution in [0.25, 0.3) is 0 Å². The van der Waals surface area contributed by atoms with E-state index in [0.717, 1.165) is 5.01 Å². The Bertz CT molecular complexity index is 467. The molecule has 10 heteroatoms. The number of likely N-dealkylation sites (N-methyl/N-ethyl adjacent to an activating group) is 1. The van der Waals surface area contributed by atoms with Crippen LogP contribution >= 0.6 is 0 Å². The molecule has 0 atom stereocenters. The van der Waals surface area contributed by atoms with E-state index in [0.29, 0.717) is 0 Å². The van der Waals surface area contributed by atoms with Crippen molar-refractivity contribution in [2.24, 2.45) is 11.6 Å². The first-order valence-corrected chi connectivity index (χ1v) is 4.84. The van der Waals surface area contributed by atoms with Gasteiger partial charge >= 0.3 is 5.97 Å². The van der Waals surface area contributed by atoms with E-state index in [1.165, 1.54) is 0 Å². The fourth-order valence-corrected chi connectivity index (χ4v) is 1.20. The summed E-state index contributed by atoms with van der Waals surface area (Å²) in [6.07, 6.45) is 0. The van der Waals surface area contributed by atoms with Gasteiger partial charge in [-0.2, -0.15) is 0 Å². The summed E-state index contributed by atoms with van der Waals surface area (Å²) in [6, 6.07) is 0. The van der Waals surface area contributed by atoms with Crippen LogP contribution in [-0.2, 0) is 4.79 Å². The van der Waals surface area contributed by atoms with E-state index >= 15 is 0 Å². The van der Waals surface area contributed by atoms with Crippen molar-refractivity contribution in [3.63, 3.8) is 0 Å². The van der Waals surface area contributed by atoms with Gasteiger partial charge in [0, 0.05) is 6.54 Å². The topological polar surface area (TPSA) is 161 Å². The first kappa shape index (κ1) is 13.7. The third-order valence-corrected chi connectivity index (χ3v) is 2.02. The normalized spacial score (nSPS) is 12.4. The highest BCUT2D eigenvalue weighted by molar-refractivity contribution is 5.87. The van der Waals surface area contributed by atoms with Gasteiger partial charge in [0.1, 0.15) is 5.70 Å². The van der Waals surface area contributed by atoms with Gasteiger partial charge in [0.05, 0.1) is 5.70 Å². The summed E-state index contributed by atoms with van der Waals surface area (Å²) in [4.78, 5) is 12.6. The second kappa shape index (κ2) is 5.33. The quantitative estimate of drug-likeness (QED) is 0.267. The maximum absolute atomic E-state index is 10.9.